The quantitative estimate of drug-likeness (QED) is 0.698. The molecule has 142 valence electrons. The lowest BCUT2D eigenvalue weighted by atomic mass is 9.98. The summed E-state index contributed by atoms with van der Waals surface area (Å²) in [5, 5.41) is 26.8. The topological polar surface area (TPSA) is 76.4 Å². The van der Waals surface area contributed by atoms with Crippen LogP contribution in [0.1, 0.15) is 37.0 Å². The monoisotopic (exact) mass is 383 g/mol. The third kappa shape index (κ3) is 5.39. The number of amides is 1. The number of aliphatic hydroxyl groups is 1. The molecule has 0 saturated heterocycles. The van der Waals surface area contributed by atoms with Crippen LogP contribution in [0.4, 0.5) is 0 Å². The molecule has 0 bridgehead atoms. The molecule has 1 fully saturated rings. The van der Waals surface area contributed by atoms with Crippen LogP contribution in [0.3, 0.4) is 0 Å². The van der Waals surface area contributed by atoms with Gasteiger partial charge in [-0.1, -0.05) is 30.3 Å². The van der Waals surface area contributed by atoms with Crippen LogP contribution >= 0.6 is 11.3 Å². The molecule has 3 rings (SSSR count). The number of nitrogens with zero attached hydrogens (tertiary/aromatic N) is 2. The van der Waals surface area contributed by atoms with Crippen molar-refractivity contribution in [1.29, 1.82) is 5.26 Å². The first-order valence-electron chi connectivity index (χ1n) is 9.19. The third-order valence-corrected chi connectivity index (χ3v) is 5.70. The maximum absolute atomic E-state index is 12.6. The van der Waals surface area contributed by atoms with Crippen molar-refractivity contribution >= 4 is 17.2 Å². The first-order valence-corrected chi connectivity index (χ1v) is 10.1. The van der Waals surface area contributed by atoms with Crippen LogP contribution in [0.15, 0.2) is 47.2 Å². The first kappa shape index (κ1) is 19.6. The number of hydrogen-bond donors (Lipinski definition) is 2. The van der Waals surface area contributed by atoms with Gasteiger partial charge in [-0.05, 0) is 53.6 Å². The van der Waals surface area contributed by atoms with E-state index < -0.39 is 11.6 Å². The van der Waals surface area contributed by atoms with Crippen molar-refractivity contribution in [3.8, 4) is 6.07 Å². The zero-order valence-corrected chi connectivity index (χ0v) is 16.3. The normalized spacial score (nSPS) is 17.1. The van der Waals surface area contributed by atoms with Crippen LogP contribution in [-0.2, 0) is 11.3 Å². The smallest absolute Gasteiger partial charge is 0.235 e. The standard InChI is InChI=1S/C21H25N3O2S/c1-21(15-22,18-7-8-18)23-20(26)13-24(11-16-5-3-2-4-6-16)12-19(25)17-9-10-27-14-17/h2-6,9-10,14,18-19,25H,7-8,11-13H2,1H3,(H,23,26)/t19-,21+/m0/s1. The van der Waals surface area contributed by atoms with Gasteiger partial charge in [0.15, 0.2) is 0 Å². The zero-order valence-electron chi connectivity index (χ0n) is 15.5. The van der Waals surface area contributed by atoms with E-state index in [9.17, 15) is 15.2 Å². The maximum atomic E-state index is 12.6. The van der Waals surface area contributed by atoms with Crippen molar-refractivity contribution < 1.29 is 9.90 Å². The van der Waals surface area contributed by atoms with Crippen molar-refractivity contribution in [2.45, 2.75) is 38.0 Å². The second-order valence-corrected chi connectivity index (χ2v) is 8.14. The fourth-order valence-corrected chi connectivity index (χ4v) is 3.96. The molecule has 1 aromatic heterocycles. The summed E-state index contributed by atoms with van der Waals surface area (Å²) in [6, 6.07) is 14.0. The van der Waals surface area contributed by atoms with E-state index in [1.54, 1.807) is 18.3 Å². The highest BCUT2D eigenvalue weighted by Crippen LogP contribution is 2.39. The van der Waals surface area contributed by atoms with E-state index >= 15 is 0 Å². The third-order valence-electron chi connectivity index (χ3n) is 5.00. The molecule has 1 aliphatic carbocycles. The lowest BCUT2D eigenvalue weighted by molar-refractivity contribution is -0.124. The second-order valence-electron chi connectivity index (χ2n) is 7.36. The van der Waals surface area contributed by atoms with Crippen molar-refractivity contribution in [1.82, 2.24) is 10.2 Å². The van der Waals surface area contributed by atoms with Gasteiger partial charge in [-0.2, -0.15) is 16.6 Å². The first-order chi connectivity index (χ1) is 13.0. The van der Waals surface area contributed by atoms with E-state index in [1.165, 1.54) is 0 Å². The van der Waals surface area contributed by atoms with Crippen molar-refractivity contribution in [3.63, 3.8) is 0 Å². The Morgan fingerprint density at radius 3 is 2.74 bits per heavy atom. The molecule has 1 saturated carbocycles. The molecule has 0 spiro atoms. The highest BCUT2D eigenvalue weighted by molar-refractivity contribution is 7.07. The van der Waals surface area contributed by atoms with Gasteiger partial charge >= 0.3 is 0 Å². The fraction of sp³-hybridized carbons (Fsp3) is 0.429. The maximum Gasteiger partial charge on any atom is 0.235 e. The summed E-state index contributed by atoms with van der Waals surface area (Å²) in [4.78, 5) is 14.6. The Kier molecular flexibility index (Phi) is 6.27. The van der Waals surface area contributed by atoms with E-state index in [0.29, 0.717) is 13.1 Å². The van der Waals surface area contributed by atoms with Crippen LogP contribution in [-0.4, -0.2) is 34.5 Å². The minimum absolute atomic E-state index is 0.139. The van der Waals surface area contributed by atoms with Crippen LogP contribution < -0.4 is 5.32 Å². The van der Waals surface area contributed by atoms with Gasteiger partial charge in [0.05, 0.1) is 18.7 Å². The van der Waals surface area contributed by atoms with Gasteiger partial charge in [0.2, 0.25) is 5.91 Å². The van der Waals surface area contributed by atoms with Gasteiger partial charge < -0.3 is 10.4 Å². The molecule has 0 aliphatic heterocycles. The fourth-order valence-electron chi connectivity index (χ4n) is 3.26. The van der Waals surface area contributed by atoms with E-state index in [-0.39, 0.29) is 18.4 Å². The predicted molar refractivity (Wildman–Crippen MR) is 106 cm³/mol. The largest absolute Gasteiger partial charge is 0.387 e. The van der Waals surface area contributed by atoms with Crippen molar-refractivity contribution in [2.24, 2.45) is 5.92 Å². The molecule has 5 nitrogen and oxygen atoms in total. The molecule has 27 heavy (non-hydrogen) atoms. The molecule has 2 aromatic rings. The summed E-state index contributed by atoms with van der Waals surface area (Å²) in [7, 11) is 0. The Labute approximate surface area is 164 Å². The van der Waals surface area contributed by atoms with Gasteiger partial charge in [0, 0.05) is 13.1 Å². The average Bonchev–Trinajstić information content (AvgIpc) is 3.37. The number of nitriles is 1. The lowest BCUT2D eigenvalue weighted by Crippen LogP contribution is -2.50. The predicted octanol–water partition coefficient (Wildman–Crippen LogP) is 3.09. The van der Waals surface area contributed by atoms with Crippen molar-refractivity contribution in [2.75, 3.05) is 13.1 Å². The number of thiophene rings is 1. The van der Waals surface area contributed by atoms with E-state index in [1.807, 2.05) is 52.1 Å². The number of rotatable bonds is 9. The van der Waals surface area contributed by atoms with E-state index in [0.717, 1.165) is 24.0 Å². The Balaban J connectivity index is 1.67. The number of carbonyl (C=O) groups excluding carboxylic acids is 1. The molecular weight excluding hydrogens is 358 g/mol. The molecule has 1 aromatic carbocycles. The molecule has 2 atom stereocenters. The van der Waals surface area contributed by atoms with Gasteiger partial charge in [0.25, 0.3) is 0 Å². The number of benzene rings is 1. The summed E-state index contributed by atoms with van der Waals surface area (Å²) in [6.45, 7) is 2.85. The molecule has 1 amide bonds. The second kappa shape index (κ2) is 8.66. The van der Waals surface area contributed by atoms with Gasteiger partial charge in [-0.25, -0.2) is 0 Å². The molecular formula is C21H25N3O2S. The molecule has 1 aliphatic rings. The van der Waals surface area contributed by atoms with Crippen molar-refractivity contribution in [3.05, 3.63) is 58.3 Å². The minimum Gasteiger partial charge on any atom is -0.387 e. The number of carbonyl (C=O) groups is 1. The SMILES string of the molecule is C[C@](C#N)(NC(=O)CN(Cc1ccccc1)C[C@H](O)c1ccsc1)C1CC1. The number of aliphatic hydroxyl groups excluding tert-OH is 1. The highest BCUT2D eigenvalue weighted by Gasteiger charge is 2.43. The highest BCUT2D eigenvalue weighted by atomic mass is 32.1. The van der Waals surface area contributed by atoms with Crippen LogP contribution in [0.2, 0.25) is 0 Å². The summed E-state index contributed by atoms with van der Waals surface area (Å²) < 4.78 is 0. The van der Waals surface area contributed by atoms with Gasteiger partial charge in [-0.3, -0.25) is 9.69 Å². The van der Waals surface area contributed by atoms with Crippen LogP contribution in [0.25, 0.3) is 0 Å². The zero-order chi connectivity index (χ0) is 19.3. The summed E-state index contributed by atoms with van der Waals surface area (Å²) in [5.41, 5.74) is 1.13. The number of nitrogens with one attached hydrogen (secondary N) is 1. The minimum atomic E-state index is -0.804. The average molecular weight is 384 g/mol. The molecule has 0 unspecified atom stereocenters. The van der Waals surface area contributed by atoms with Crippen LogP contribution in [0.5, 0.6) is 0 Å². The summed E-state index contributed by atoms with van der Waals surface area (Å²) in [6.07, 6.45) is 1.31. The number of hydrogen-bond acceptors (Lipinski definition) is 5. The molecule has 1 heterocycles. The molecule has 2 N–H and O–H groups in total. The molecule has 6 heteroatoms. The lowest BCUT2D eigenvalue weighted by Gasteiger charge is -2.28. The van der Waals surface area contributed by atoms with Gasteiger partial charge in [-0.15, -0.1) is 0 Å². The Morgan fingerprint density at radius 2 is 2.15 bits per heavy atom. The Morgan fingerprint density at radius 1 is 1.41 bits per heavy atom. The van der Waals surface area contributed by atoms with E-state index in [4.69, 9.17) is 0 Å². The molecule has 0 radical (unpaired) electrons. The summed E-state index contributed by atoms with van der Waals surface area (Å²) >= 11 is 1.54. The van der Waals surface area contributed by atoms with Crippen LogP contribution in [0, 0.1) is 17.2 Å². The van der Waals surface area contributed by atoms with E-state index in [2.05, 4.69) is 11.4 Å². The Bertz CT molecular complexity index is 784. The Hall–Kier alpha value is -2.20. The summed E-state index contributed by atoms with van der Waals surface area (Å²) in [5.74, 6) is 0.0600. The van der Waals surface area contributed by atoms with Gasteiger partial charge in [0.1, 0.15) is 5.54 Å².